The van der Waals surface area contributed by atoms with Crippen LogP contribution in [0.1, 0.15) is 285 Å². The smallest absolute Gasteiger partial charge is 0.308 e. The SMILES string of the molecule is CCCCCCCC(=O)NCCCCN(CCCO)CCN(CCCCCCCCCOC(=O)C(CCCC)CCCCCC)CCCCCCCCCOC(=O)C(CCCC)CCCCCC. The molecule has 0 aliphatic rings. The Morgan fingerprint density at radius 1 is 0.382 bits per heavy atom. The lowest BCUT2D eigenvalue weighted by Gasteiger charge is -2.28. The summed E-state index contributed by atoms with van der Waals surface area (Å²) in [5, 5.41) is 12.8. The molecule has 0 rings (SSSR count). The molecule has 0 radical (unpaired) electrons. The van der Waals surface area contributed by atoms with Gasteiger partial charge in [-0.15, -0.1) is 0 Å². The van der Waals surface area contributed by atoms with E-state index in [0.29, 0.717) is 19.6 Å². The lowest BCUT2D eigenvalue weighted by Crippen LogP contribution is -2.37. The zero-order valence-electron chi connectivity index (χ0n) is 46.2. The van der Waals surface area contributed by atoms with E-state index in [1.165, 1.54) is 122 Å². The molecule has 0 aliphatic heterocycles. The van der Waals surface area contributed by atoms with Crippen molar-refractivity contribution in [1.29, 1.82) is 0 Å². The molecule has 0 heterocycles. The molecule has 9 heteroatoms. The fourth-order valence-corrected chi connectivity index (χ4v) is 9.43. The summed E-state index contributed by atoms with van der Waals surface area (Å²) in [7, 11) is 0. The summed E-state index contributed by atoms with van der Waals surface area (Å²) in [6, 6.07) is 0. The minimum absolute atomic E-state index is 0.0468. The Morgan fingerprint density at radius 2 is 0.721 bits per heavy atom. The topological polar surface area (TPSA) is 108 Å². The maximum atomic E-state index is 12.8. The van der Waals surface area contributed by atoms with Crippen LogP contribution < -0.4 is 5.32 Å². The van der Waals surface area contributed by atoms with Gasteiger partial charge in [-0.2, -0.15) is 0 Å². The summed E-state index contributed by atoms with van der Waals surface area (Å²) in [6.45, 7) is 19.5. The maximum Gasteiger partial charge on any atom is 0.308 e. The standard InChI is InChI=1S/C59H117N3O6/c1-6-11-16-25-32-44-57(64)60-45-33-36-48-62(49-39-52-63)51-50-61(46-34-26-21-19-23-28-37-53-67-58(65)55(40-14-9-4)42-30-17-12-7-2)47-35-27-22-20-24-29-38-54-68-59(66)56(41-15-10-5)43-31-18-13-8-3/h55-56,63H,6-54H2,1-5H3,(H,60,64). The largest absolute Gasteiger partial charge is 0.465 e. The van der Waals surface area contributed by atoms with Crippen LogP contribution in [-0.2, 0) is 23.9 Å². The van der Waals surface area contributed by atoms with Crippen LogP contribution in [0.3, 0.4) is 0 Å². The number of carbonyl (C=O) groups is 3. The third-order valence-electron chi connectivity index (χ3n) is 14.1. The van der Waals surface area contributed by atoms with Crippen LogP contribution in [-0.4, -0.2) is 98.4 Å². The highest BCUT2D eigenvalue weighted by molar-refractivity contribution is 5.75. The van der Waals surface area contributed by atoms with E-state index in [2.05, 4.69) is 49.7 Å². The number of amides is 1. The van der Waals surface area contributed by atoms with Gasteiger partial charge in [0.15, 0.2) is 0 Å². The normalized spacial score (nSPS) is 12.5. The zero-order chi connectivity index (χ0) is 49.8. The molecule has 0 aliphatic carbocycles. The second kappa shape index (κ2) is 53.1. The number of nitrogens with one attached hydrogen (secondary N) is 1. The Balaban J connectivity index is 4.78. The predicted molar refractivity (Wildman–Crippen MR) is 290 cm³/mol. The summed E-state index contributed by atoms with van der Waals surface area (Å²) in [4.78, 5) is 43.2. The fraction of sp³-hybridized carbons (Fsp3) is 0.949. The Morgan fingerprint density at radius 3 is 1.15 bits per heavy atom. The van der Waals surface area contributed by atoms with Gasteiger partial charge in [0.1, 0.15) is 0 Å². The molecular weight excluding hydrogens is 847 g/mol. The van der Waals surface area contributed by atoms with Crippen LogP contribution in [0.5, 0.6) is 0 Å². The molecule has 404 valence electrons. The van der Waals surface area contributed by atoms with E-state index in [1.54, 1.807) is 0 Å². The lowest BCUT2D eigenvalue weighted by molar-refractivity contribution is -0.150. The predicted octanol–water partition coefficient (Wildman–Crippen LogP) is 15.3. The van der Waals surface area contributed by atoms with Crippen molar-refractivity contribution >= 4 is 17.8 Å². The van der Waals surface area contributed by atoms with Crippen molar-refractivity contribution in [2.75, 3.05) is 65.6 Å². The van der Waals surface area contributed by atoms with Gasteiger partial charge in [0, 0.05) is 39.2 Å². The number of esters is 2. The number of aliphatic hydroxyl groups excluding tert-OH is 1. The Hall–Kier alpha value is -1.71. The van der Waals surface area contributed by atoms with Crippen LogP contribution in [0.2, 0.25) is 0 Å². The summed E-state index contributed by atoms with van der Waals surface area (Å²) in [5.41, 5.74) is 0. The van der Waals surface area contributed by atoms with Gasteiger partial charge >= 0.3 is 11.9 Å². The number of unbranched alkanes of at least 4 members (excludes halogenated alkanes) is 25. The first-order valence-corrected chi connectivity index (χ1v) is 30.0. The number of nitrogens with zero attached hydrogens (tertiary/aromatic N) is 2. The van der Waals surface area contributed by atoms with Gasteiger partial charge in [-0.3, -0.25) is 14.4 Å². The molecule has 0 aromatic carbocycles. The molecular formula is C59H117N3O6. The quantitative estimate of drug-likeness (QED) is 0.0458. The maximum absolute atomic E-state index is 12.8. The fourth-order valence-electron chi connectivity index (χ4n) is 9.43. The van der Waals surface area contributed by atoms with E-state index in [9.17, 15) is 19.5 Å². The Kier molecular flexibility index (Phi) is 51.8. The van der Waals surface area contributed by atoms with Crippen LogP contribution in [0.15, 0.2) is 0 Å². The van der Waals surface area contributed by atoms with Gasteiger partial charge in [-0.05, 0) is 96.7 Å². The van der Waals surface area contributed by atoms with E-state index in [1.807, 2.05) is 0 Å². The van der Waals surface area contributed by atoms with Gasteiger partial charge in [-0.1, -0.05) is 202 Å². The molecule has 2 unspecified atom stereocenters. The number of aliphatic hydroxyl groups is 1. The first-order chi connectivity index (χ1) is 33.4. The average molecular weight is 965 g/mol. The number of ether oxygens (including phenoxy) is 2. The van der Waals surface area contributed by atoms with E-state index < -0.39 is 0 Å². The average Bonchev–Trinajstić information content (AvgIpc) is 3.34. The highest BCUT2D eigenvalue weighted by Crippen LogP contribution is 2.21. The molecule has 0 aromatic heterocycles. The van der Waals surface area contributed by atoms with E-state index in [0.717, 1.165) is 168 Å². The van der Waals surface area contributed by atoms with Crippen molar-refractivity contribution in [2.45, 2.75) is 285 Å². The molecule has 9 nitrogen and oxygen atoms in total. The molecule has 0 spiro atoms. The summed E-state index contributed by atoms with van der Waals surface area (Å²) >= 11 is 0. The van der Waals surface area contributed by atoms with Gasteiger partial charge in [0.05, 0.1) is 25.0 Å². The summed E-state index contributed by atoms with van der Waals surface area (Å²) in [6.07, 6.45) is 44.1. The minimum Gasteiger partial charge on any atom is -0.465 e. The first-order valence-electron chi connectivity index (χ1n) is 30.0. The number of carbonyl (C=O) groups excluding carboxylic acids is 3. The number of rotatable bonds is 55. The second-order valence-corrected chi connectivity index (χ2v) is 20.6. The molecule has 2 atom stereocenters. The molecule has 0 saturated heterocycles. The third kappa shape index (κ3) is 44.2. The van der Waals surface area contributed by atoms with Crippen LogP contribution in [0.4, 0.5) is 0 Å². The Labute approximate surface area is 422 Å². The van der Waals surface area contributed by atoms with Gasteiger partial charge in [0.25, 0.3) is 0 Å². The third-order valence-corrected chi connectivity index (χ3v) is 14.1. The summed E-state index contributed by atoms with van der Waals surface area (Å²) < 4.78 is 11.5. The van der Waals surface area contributed by atoms with E-state index >= 15 is 0 Å². The van der Waals surface area contributed by atoms with Gasteiger partial charge < -0.3 is 29.7 Å². The molecule has 0 aromatic rings. The molecule has 0 bridgehead atoms. The van der Waals surface area contributed by atoms with Gasteiger partial charge in [-0.25, -0.2) is 0 Å². The molecule has 1 amide bonds. The van der Waals surface area contributed by atoms with E-state index in [-0.39, 0.29) is 36.3 Å². The highest BCUT2D eigenvalue weighted by Gasteiger charge is 2.20. The van der Waals surface area contributed by atoms with Crippen LogP contribution in [0.25, 0.3) is 0 Å². The number of hydrogen-bond acceptors (Lipinski definition) is 8. The minimum atomic E-state index is 0.0468. The van der Waals surface area contributed by atoms with Crippen molar-refractivity contribution in [3.8, 4) is 0 Å². The summed E-state index contributed by atoms with van der Waals surface area (Å²) in [5.74, 6) is 0.474. The molecule has 68 heavy (non-hydrogen) atoms. The Bertz CT molecular complexity index is 1020. The van der Waals surface area contributed by atoms with E-state index in [4.69, 9.17) is 9.47 Å². The molecule has 2 N–H and O–H groups in total. The first kappa shape index (κ1) is 66.3. The van der Waals surface area contributed by atoms with Crippen molar-refractivity contribution < 1.29 is 29.0 Å². The zero-order valence-corrected chi connectivity index (χ0v) is 46.2. The molecule has 0 fully saturated rings. The highest BCUT2D eigenvalue weighted by atomic mass is 16.5. The van der Waals surface area contributed by atoms with Crippen molar-refractivity contribution in [1.82, 2.24) is 15.1 Å². The van der Waals surface area contributed by atoms with Crippen molar-refractivity contribution in [3.05, 3.63) is 0 Å². The van der Waals surface area contributed by atoms with Crippen molar-refractivity contribution in [2.24, 2.45) is 11.8 Å². The van der Waals surface area contributed by atoms with Crippen molar-refractivity contribution in [3.63, 3.8) is 0 Å². The number of hydrogen-bond donors (Lipinski definition) is 2. The monoisotopic (exact) mass is 964 g/mol. The van der Waals surface area contributed by atoms with Crippen LogP contribution >= 0.6 is 0 Å². The van der Waals surface area contributed by atoms with Crippen LogP contribution in [0, 0.1) is 11.8 Å². The van der Waals surface area contributed by atoms with Gasteiger partial charge in [0.2, 0.25) is 5.91 Å². The second-order valence-electron chi connectivity index (χ2n) is 20.6. The molecule has 0 saturated carbocycles. The lowest BCUT2D eigenvalue weighted by atomic mass is 9.95.